The Balaban J connectivity index is 2.05. The first-order chi connectivity index (χ1) is 12.8. The highest BCUT2D eigenvalue weighted by molar-refractivity contribution is 6.32. The van der Waals surface area contributed by atoms with E-state index in [0.29, 0.717) is 16.1 Å². The molecule has 1 fully saturated rings. The maximum absolute atomic E-state index is 13.0. The molecule has 0 bridgehead atoms. The minimum Gasteiger partial charge on any atom is -0.330 e. The third-order valence-electron chi connectivity index (χ3n) is 4.21. The van der Waals surface area contributed by atoms with Gasteiger partial charge in [0.1, 0.15) is 5.02 Å². The lowest BCUT2D eigenvalue weighted by Gasteiger charge is -2.34. The molecule has 2 aromatic rings. The predicted octanol–water partition coefficient (Wildman–Crippen LogP) is 4.27. The summed E-state index contributed by atoms with van der Waals surface area (Å²) in [6, 6.07) is 9.02. The van der Waals surface area contributed by atoms with E-state index < -0.39 is 22.9 Å². The van der Waals surface area contributed by atoms with Crippen LogP contribution in [-0.4, -0.2) is 16.7 Å². The van der Waals surface area contributed by atoms with Gasteiger partial charge in [-0.1, -0.05) is 35.8 Å². The molecule has 27 heavy (non-hydrogen) atoms. The number of benzene rings is 2. The van der Waals surface area contributed by atoms with Crippen molar-refractivity contribution >= 4 is 40.7 Å². The molecule has 1 aliphatic rings. The first-order valence-corrected chi connectivity index (χ1v) is 8.53. The monoisotopic (exact) mass is 405 g/mol. The topological polar surface area (TPSA) is 101 Å². The summed E-state index contributed by atoms with van der Waals surface area (Å²) in [6.07, 6.45) is 0. The molecule has 2 atom stereocenters. The Bertz CT molecular complexity index is 960. The molecule has 7 nitrogen and oxygen atoms in total. The molecule has 0 aromatic heterocycles. The highest BCUT2D eigenvalue weighted by Gasteiger charge is 2.38. The second-order valence-corrected chi connectivity index (χ2v) is 6.76. The zero-order valence-corrected chi connectivity index (χ0v) is 15.3. The Morgan fingerprint density at radius 2 is 1.81 bits per heavy atom. The third kappa shape index (κ3) is 3.79. The molecule has 138 valence electrons. The van der Waals surface area contributed by atoms with Gasteiger partial charge in [0.25, 0.3) is 5.69 Å². The van der Waals surface area contributed by atoms with Crippen molar-refractivity contribution < 1.29 is 14.5 Å². The second kappa shape index (κ2) is 7.38. The van der Waals surface area contributed by atoms with Gasteiger partial charge >= 0.3 is 6.03 Å². The average molecular weight is 406 g/mol. The summed E-state index contributed by atoms with van der Waals surface area (Å²) in [7, 11) is 0. The van der Waals surface area contributed by atoms with Crippen LogP contribution >= 0.6 is 23.2 Å². The van der Waals surface area contributed by atoms with Gasteiger partial charge < -0.3 is 10.6 Å². The van der Waals surface area contributed by atoms with E-state index in [0.717, 1.165) is 0 Å². The summed E-state index contributed by atoms with van der Waals surface area (Å²) in [4.78, 5) is 35.5. The van der Waals surface area contributed by atoms with Gasteiger partial charge in [-0.25, -0.2) is 4.79 Å². The van der Waals surface area contributed by atoms with Crippen molar-refractivity contribution in [2.24, 2.45) is 5.92 Å². The SMILES string of the molecule is C=C1NC(=O)N[C@@H](c2ccc(Cl)c([N+](=O)[O-])c2)[C@H]1C(=O)c1ccc(Cl)cc1. The number of rotatable bonds is 4. The summed E-state index contributed by atoms with van der Waals surface area (Å²) < 4.78 is 0. The van der Waals surface area contributed by atoms with E-state index >= 15 is 0 Å². The molecule has 2 N–H and O–H groups in total. The van der Waals surface area contributed by atoms with Crippen molar-refractivity contribution in [2.45, 2.75) is 6.04 Å². The van der Waals surface area contributed by atoms with Gasteiger partial charge in [-0.05, 0) is 35.9 Å². The Morgan fingerprint density at radius 1 is 1.15 bits per heavy atom. The first kappa shape index (κ1) is 18.9. The van der Waals surface area contributed by atoms with Crippen LogP contribution in [0.15, 0.2) is 54.7 Å². The number of hydrogen-bond acceptors (Lipinski definition) is 4. The van der Waals surface area contributed by atoms with Crippen LogP contribution in [0.1, 0.15) is 22.0 Å². The number of Topliss-reactive ketones (excluding diaryl/α,β-unsaturated/α-hetero) is 1. The van der Waals surface area contributed by atoms with Gasteiger partial charge in [-0.15, -0.1) is 0 Å². The number of carbonyl (C=O) groups excluding carboxylic acids is 2. The van der Waals surface area contributed by atoms with Crippen LogP contribution in [0.2, 0.25) is 10.0 Å². The lowest BCUT2D eigenvalue weighted by Crippen LogP contribution is -2.50. The number of nitro groups is 1. The Kier molecular flexibility index (Phi) is 5.16. The maximum Gasteiger partial charge on any atom is 0.319 e. The van der Waals surface area contributed by atoms with Gasteiger partial charge in [0.05, 0.1) is 16.9 Å². The van der Waals surface area contributed by atoms with Gasteiger partial charge in [0.2, 0.25) is 0 Å². The number of hydrogen-bond donors (Lipinski definition) is 2. The summed E-state index contributed by atoms with van der Waals surface area (Å²) in [6.45, 7) is 3.78. The Labute approximate surface area is 164 Å². The molecule has 1 saturated heterocycles. The molecule has 0 saturated carbocycles. The third-order valence-corrected chi connectivity index (χ3v) is 4.78. The van der Waals surface area contributed by atoms with Crippen molar-refractivity contribution in [1.29, 1.82) is 0 Å². The highest BCUT2D eigenvalue weighted by Crippen LogP contribution is 2.35. The highest BCUT2D eigenvalue weighted by atomic mass is 35.5. The zero-order valence-electron chi connectivity index (χ0n) is 13.7. The number of amides is 2. The van der Waals surface area contributed by atoms with Gasteiger partial charge in [-0.2, -0.15) is 0 Å². The number of halogens is 2. The molecular formula is C18H13Cl2N3O4. The van der Waals surface area contributed by atoms with Crippen molar-refractivity contribution in [1.82, 2.24) is 10.6 Å². The van der Waals surface area contributed by atoms with E-state index in [1.807, 2.05) is 0 Å². The largest absolute Gasteiger partial charge is 0.330 e. The van der Waals surface area contributed by atoms with E-state index in [2.05, 4.69) is 17.2 Å². The summed E-state index contributed by atoms with van der Waals surface area (Å²) >= 11 is 11.7. The summed E-state index contributed by atoms with van der Waals surface area (Å²) in [5.41, 5.74) is 0.623. The van der Waals surface area contributed by atoms with Gasteiger partial charge in [0, 0.05) is 22.3 Å². The fraction of sp³-hybridized carbons (Fsp3) is 0.111. The number of nitrogens with zero attached hydrogens (tertiary/aromatic N) is 1. The van der Waals surface area contributed by atoms with Crippen LogP contribution in [0.4, 0.5) is 10.5 Å². The van der Waals surface area contributed by atoms with Crippen molar-refractivity contribution in [3.05, 3.63) is 86.0 Å². The van der Waals surface area contributed by atoms with E-state index in [1.54, 1.807) is 24.3 Å². The lowest BCUT2D eigenvalue weighted by molar-refractivity contribution is -0.384. The predicted molar refractivity (Wildman–Crippen MR) is 101 cm³/mol. The van der Waals surface area contributed by atoms with Gasteiger partial charge in [-0.3, -0.25) is 14.9 Å². The molecule has 2 amide bonds. The lowest BCUT2D eigenvalue weighted by atomic mass is 9.83. The van der Waals surface area contributed by atoms with E-state index in [9.17, 15) is 19.7 Å². The number of ketones is 1. The average Bonchev–Trinajstić information content (AvgIpc) is 2.61. The van der Waals surface area contributed by atoms with Crippen LogP contribution in [0, 0.1) is 16.0 Å². The fourth-order valence-electron chi connectivity index (χ4n) is 2.93. The molecule has 9 heteroatoms. The standard InChI is InChI=1S/C18H13Cl2N3O4/c1-9-15(17(24)10-2-5-12(19)6-3-10)16(22-18(25)21-9)11-4-7-13(20)14(8-11)23(26)27/h2-8,15-16H,1H2,(H2,21,22,25)/t15-,16-/m0/s1. The number of carbonyl (C=O) groups is 2. The Hall–Kier alpha value is -2.90. The van der Waals surface area contributed by atoms with Crippen LogP contribution in [0.5, 0.6) is 0 Å². The normalized spacial score (nSPS) is 19.2. The zero-order chi connectivity index (χ0) is 19.7. The van der Waals surface area contributed by atoms with E-state index in [1.165, 1.54) is 18.2 Å². The fourth-order valence-corrected chi connectivity index (χ4v) is 3.24. The first-order valence-electron chi connectivity index (χ1n) is 7.78. The quantitative estimate of drug-likeness (QED) is 0.450. The van der Waals surface area contributed by atoms with E-state index in [4.69, 9.17) is 23.2 Å². The summed E-state index contributed by atoms with van der Waals surface area (Å²) in [5, 5.41) is 16.7. The van der Waals surface area contributed by atoms with Crippen molar-refractivity contribution in [2.75, 3.05) is 0 Å². The van der Waals surface area contributed by atoms with Crippen molar-refractivity contribution in [3.8, 4) is 0 Å². The molecule has 0 aliphatic carbocycles. The minimum absolute atomic E-state index is 0.0385. The maximum atomic E-state index is 13.0. The van der Waals surface area contributed by atoms with Crippen LogP contribution in [0.25, 0.3) is 0 Å². The molecule has 3 rings (SSSR count). The Morgan fingerprint density at radius 3 is 2.44 bits per heavy atom. The number of nitrogens with one attached hydrogen (secondary N) is 2. The van der Waals surface area contributed by atoms with Crippen LogP contribution in [-0.2, 0) is 0 Å². The molecule has 2 aromatic carbocycles. The van der Waals surface area contributed by atoms with Crippen LogP contribution < -0.4 is 10.6 Å². The molecule has 1 aliphatic heterocycles. The molecule has 0 radical (unpaired) electrons. The molecule has 0 unspecified atom stereocenters. The summed E-state index contributed by atoms with van der Waals surface area (Å²) in [5.74, 6) is -1.18. The molecular weight excluding hydrogens is 393 g/mol. The smallest absolute Gasteiger partial charge is 0.319 e. The van der Waals surface area contributed by atoms with Crippen LogP contribution in [0.3, 0.4) is 0 Å². The second-order valence-electron chi connectivity index (χ2n) is 5.92. The van der Waals surface area contributed by atoms with Crippen molar-refractivity contribution in [3.63, 3.8) is 0 Å². The van der Waals surface area contributed by atoms with E-state index in [-0.39, 0.29) is 22.2 Å². The molecule has 1 heterocycles. The van der Waals surface area contributed by atoms with Gasteiger partial charge in [0.15, 0.2) is 5.78 Å². The minimum atomic E-state index is -0.871. The number of nitro benzene ring substituents is 1. The molecule has 0 spiro atoms. The number of urea groups is 1.